The standard InChI is InChI=1S/C22H25F3N2O3/c1-22(24,25)18-4-3-17(19(23)10-18)14-30-13-16-2-5-20(26-12-16)21(28)27-11-15-6-8-29-9-7-15/h2-5,10,12,15H,6-9,11,13-14H2,1H3,(H,27,28). The Hall–Kier alpha value is -2.45. The van der Waals surface area contributed by atoms with Gasteiger partial charge in [0.05, 0.1) is 13.2 Å². The maximum atomic E-state index is 14.0. The molecule has 8 heteroatoms. The van der Waals surface area contributed by atoms with Crippen LogP contribution in [0.5, 0.6) is 0 Å². The monoisotopic (exact) mass is 422 g/mol. The van der Waals surface area contributed by atoms with Gasteiger partial charge < -0.3 is 14.8 Å². The van der Waals surface area contributed by atoms with Crippen LogP contribution in [0.25, 0.3) is 0 Å². The highest BCUT2D eigenvalue weighted by atomic mass is 19.3. The van der Waals surface area contributed by atoms with Crippen LogP contribution in [0.1, 0.15) is 46.9 Å². The second-order valence-electron chi connectivity index (χ2n) is 7.50. The third-order valence-electron chi connectivity index (χ3n) is 5.04. The lowest BCUT2D eigenvalue weighted by Crippen LogP contribution is -2.32. The molecule has 2 aromatic rings. The predicted octanol–water partition coefficient (Wildman–Crippen LogP) is 4.21. The van der Waals surface area contributed by atoms with Crippen LogP contribution in [0, 0.1) is 11.7 Å². The number of hydrogen-bond acceptors (Lipinski definition) is 4. The Morgan fingerprint density at radius 2 is 2.00 bits per heavy atom. The molecule has 0 atom stereocenters. The zero-order valence-electron chi connectivity index (χ0n) is 16.8. The van der Waals surface area contributed by atoms with Gasteiger partial charge in [-0.1, -0.05) is 18.2 Å². The number of nitrogens with zero attached hydrogens (tertiary/aromatic N) is 1. The number of aromatic nitrogens is 1. The van der Waals surface area contributed by atoms with Crippen molar-refractivity contribution in [3.63, 3.8) is 0 Å². The molecule has 0 aliphatic carbocycles. The molecule has 0 unspecified atom stereocenters. The van der Waals surface area contributed by atoms with E-state index in [0.717, 1.165) is 39.0 Å². The minimum Gasteiger partial charge on any atom is -0.381 e. The molecule has 1 saturated heterocycles. The zero-order chi connectivity index (χ0) is 21.6. The summed E-state index contributed by atoms with van der Waals surface area (Å²) in [6.07, 6.45) is 3.41. The van der Waals surface area contributed by atoms with Gasteiger partial charge in [-0.2, -0.15) is 0 Å². The van der Waals surface area contributed by atoms with E-state index in [-0.39, 0.29) is 30.2 Å². The van der Waals surface area contributed by atoms with Gasteiger partial charge in [0.1, 0.15) is 11.5 Å². The van der Waals surface area contributed by atoms with Gasteiger partial charge in [-0.3, -0.25) is 9.78 Å². The normalized spacial score (nSPS) is 15.2. The Bertz CT molecular complexity index is 848. The molecule has 1 aromatic carbocycles. The fraction of sp³-hybridized carbons (Fsp3) is 0.455. The van der Waals surface area contributed by atoms with Crippen molar-refractivity contribution in [1.29, 1.82) is 0 Å². The van der Waals surface area contributed by atoms with Crippen molar-refractivity contribution in [2.24, 2.45) is 5.92 Å². The highest BCUT2D eigenvalue weighted by Gasteiger charge is 2.25. The van der Waals surface area contributed by atoms with E-state index in [9.17, 15) is 18.0 Å². The number of carbonyl (C=O) groups is 1. The summed E-state index contributed by atoms with van der Waals surface area (Å²) in [5.41, 5.74) is 0.847. The molecule has 1 fully saturated rings. The average Bonchev–Trinajstić information content (AvgIpc) is 2.73. The van der Waals surface area contributed by atoms with E-state index >= 15 is 0 Å². The first-order valence-electron chi connectivity index (χ1n) is 9.88. The molecular weight excluding hydrogens is 397 g/mol. The van der Waals surface area contributed by atoms with E-state index in [1.54, 1.807) is 12.1 Å². The number of rotatable bonds is 8. The van der Waals surface area contributed by atoms with Crippen molar-refractivity contribution in [2.75, 3.05) is 19.8 Å². The van der Waals surface area contributed by atoms with Gasteiger partial charge in [-0.05, 0) is 36.5 Å². The first kappa shape index (κ1) is 22.2. The lowest BCUT2D eigenvalue weighted by molar-refractivity contribution is 0.0170. The van der Waals surface area contributed by atoms with Crippen LogP contribution in [0.15, 0.2) is 36.5 Å². The van der Waals surface area contributed by atoms with Crippen LogP contribution in [0.3, 0.4) is 0 Å². The summed E-state index contributed by atoms with van der Waals surface area (Å²) >= 11 is 0. The maximum absolute atomic E-state index is 14.0. The van der Waals surface area contributed by atoms with Crippen molar-refractivity contribution in [3.8, 4) is 0 Å². The Kier molecular flexibility index (Phi) is 7.44. The van der Waals surface area contributed by atoms with E-state index in [1.807, 2.05) is 0 Å². The Labute approximate surface area is 173 Å². The minimum atomic E-state index is -3.09. The number of pyridine rings is 1. The van der Waals surface area contributed by atoms with Crippen molar-refractivity contribution in [2.45, 2.75) is 38.9 Å². The van der Waals surface area contributed by atoms with Crippen molar-refractivity contribution in [3.05, 3.63) is 64.7 Å². The first-order valence-corrected chi connectivity index (χ1v) is 9.88. The number of benzene rings is 1. The molecule has 2 heterocycles. The molecule has 1 amide bonds. The molecule has 1 aromatic heterocycles. The summed E-state index contributed by atoms with van der Waals surface area (Å²) < 4.78 is 51.2. The number of amides is 1. The fourth-order valence-corrected chi connectivity index (χ4v) is 3.14. The van der Waals surface area contributed by atoms with E-state index in [4.69, 9.17) is 9.47 Å². The lowest BCUT2D eigenvalue weighted by Gasteiger charge is -2.22. The van der Waals surface area contributed by atoms with Gasteiger partial charge in [0.2, 0.25) is 0 Å². The van der Waals surface area contributed by atoms with Gasteiger partial charge in [-0.15, -0.1) is 0 Å². The molecule has 1 aliphatic rings. The summed E-state index contributed by atoms with van der Waals surface area (Å²) in [7, 11) is 0. The Morgan fingerprint density at radius 1 is 1.23 bits per heavy atom. The molecule has 1 aliphatic heterocycles. The third kappa shape index (κ3) is 6.27. The predicted molar refractivity (Wildman–Crippen MR) is 105 cm³/mol. The fourth-order valence-electron chi connectivity index (χ4n) is 3.14. The highest BCUT2D eigenvalue weighted by Crippen LogP contribution is 2.28. The maximum Gasteiger partial charge on any atom is 0.270 e. The van der Waals surface area contributed by atoms with E-state index in [1.165, 1.54) is 18.3 Å². The quantitative estimate of drug-likeness (QED) is 0.693. The third-order valence-corrected chi connectivity index (χ3v) is 5.04. The molecule has 5 nitrogen and oxygen atoms in total. The van der Waals surface area contributed by atoms with E-state index < -0.39 is 11.7 Å². The summed E-state index contributed by atoms with van der Waals surface area (Å²) in [6, 6.07) is 6.64. The summed E-state index contributed by atoms with van der Waals surface area (Å²) in [4.78, 5) is 16.4. The molecule has 0 bridgehead atoms. The minimum absolute atomic E-state index is 0.0608. The molecule has 0 spiro atoms. The molecule has 162 valence electrons. The van der Waals surface area contributed by atoms with Crippen molar-refractivity contribution < 1.29 is 27.4 Å². The molecule has 0 saturated carbocycles. The number of nitrogens with one attached hydrogen (secondary N) is 1. The molecule has 30 heavy (non-hydrogen) atoms. The van der Waals surface area contributed by atoms with Gasteiger partial charge in [0, 0.05) is 44.0 Å². The molecule has 0 radical (unpaired) electrons. The van der Waals surface area contributed by atoms with Gasteiger partial charge in [0.25, 0.3) is 11.8 Å². The van der Waals surface area contributed by atoms with Crippen LogP contribution in [0.2, 0.25) is 0 Å². The lowest BCUT2D eigenvalue weighted by atomic mass is 10.0. The summed E-state index contributed by atoms with van der Waals surface area (Å²) in [5.74, 6) is -3.63. The van der Waals surface area contributed by atoms with Gasteiger partial charge in [0.15, 0.2) is 0 Å². The largest absolute Gasteiger partial charge is 0.381 e. The van der Waals surface area contributed by atoms with Crippen LogP contribution < -0.4 is 5.32 Å². The number of alkyl halides is 2. The number of halogens is 3. The first-order chi connectivity index (χ1) is 14.3. The van der Waals surface area contributed by atoms with E-state index in [2.05, 4.69) is 10.3 Å². The molecule has 3 rings (SSSR count). The number of ether oxygens (including phenoxy) is 2. The SMILES string of the molecule is CC(F)(F)c1ccc(COCc2ccc(C(=O)NCC3CCOCC3)nc2)c(F)c1. The topological polar surface area (TPSA) is 60.5 Å². The van der Waals surface area contributed by atoms with Crippen LogP contribution in [-0.4, -0.2) is 30.6 Å². The Balaban J connectivity index is 1.46. The second kappa shape index (κ2) is 10.0. The average molecular weight is 422 g/mol. The second-order valence-corrected chi connectivity index (χ2v) is 7.50. The van der Waals surface area contributed by atoms with Crippen LogP contribution >= 0.6 is 0 Å². The smallest absolute Gasteiger partial charge is 0.270 e. The number of hydrogen-bond donors (Lipinski definition) is 1. The highest BCUT2D eigenvalue weighted by molar-refractivity contribution is 5.92. The van der Waals surface area contributed by atoms with Gasteiger partial charge in [-0.25, -0.2) is 13.2 Å². The summed E-state index contributed by atoms with van der Waals surface area (Å²) in [6.45, 7) is 2.87. The Morgan fingerprint density at radius 3 is 2.63 bits per heavy atom. The summed E-state index contributed by atoms with van der Waals surface area (Å²) in [5, 5.41) is 2.89. The zero-order valence-corrected chi connectivity index (χ0v) is 16.8. The van der Waals surface area contributed by atoms with Crippen molar-refractivity contribution >= 4 is 5.91 Å². The van der Waals surface area contributed by atoms with Crippen LogP contribution in [-0.2, 0) is 28.6 Å². The number of carbonyl (C=O) groups excluding carboxylic acids is 1. The van der Waals surface area contributed by atoms with Crippen molar-refractivity contribution in [1.82, 2.24) is 10.3 Å². The van der Waals surface area contributed by atoms with E-state index in [0.29, 0.717) is 23.7 Å². The van der Waals surface area contributed by atoms with Crippen LogP contribution in [0.4, 0.5) is 13.2 Å². The molecular formula is C22H25F3N2O3. The van der Waals surface area contributed by atoms with Gasteiger partial charge >= 0.3 is 0 Å². The molecule has 1 N–H and O–H groups in total.